The summed E-state index contributed by atoms with van der Waals surface area (Å²) in [6.45, 7) is 7.47. The number of hydrogen-bond acceptors (Lipinski definition) is 4. The fraction of sp³-hybridized carbons (Fsp3) is 0.400. The minimum absolute atomic E-state index is 0.307. The van der Waals surface area contributed by atoms with Crippen LogP contribution in [0, 0.1) is 20.8 Å². The first-order chi connectivity index (χ1) is 12.2. The molecule has 0 heterocycles. The van der Waals surface area contributed by atoms with Gasteiger partial charge in [-0.25, -0.2) is 13.1 Å². The van der Waals surface area contributed by atoms with E-state index in [4.69, 9.17) is 9.47 Å². The van der Waals surface area contributed by atoms with Crippen molar-refractivity contribution in [3.8, 4) is 11.5 Å². The van der Waals surface area contributed by atoms with E-state index in [9.17, 15) is 8.42 Å². The highest BCUT2D eigenvalue weighted by Gasteiger charge is 2.24. The lowest BCUT2D eigenvalue weighted by atomic mass is 10.0. The quantitative estimate of drug-likeness (QED) is 0.790. The zero-order chi connectivity index (χ0) is 19.5. The van der Waals surface area contributed by atoms with Crippen molar-refractivity contribution in [1.82, 2.24) is 4.72 Å². The molecule has 0 aliphatic rings. The van der Waals surface area contributed by atoms with Crippen molar-refractivity contribution in [1.29, 1.82) is 0 Å². The van der Waals surface area contributed by atoms with Gasteiger partial charge in [0.2, 0.25) is 10.0 Å². The first-order valence-corrected chi connectivity index (χ1v) is 10.0. The molecule has 142 valence electrons. The molecule has 0 fully saturated rings. The van der Waals surface area contributed by atoms with Gasteiger partial charge in [0.25, 0.3) is 0 Å². The van der Waals surface area contributed by atoms with Crippen LogP contribution in [0.3, 0.4) is 0 Å². The van der Waals surface area contributed by atoms with Gasteiger partial charge in [-0.3, -0.25) is 0 Å². The lowest BCUT2D eigenvalue weighted by Crippen LogP contribution is -2.29. The highest BCUT2D eigenvalue weighted by molar-refractivity contribution is 7.89. The van der Waals surface area contributed by atoms with E-state index in [1.54, 1.807) is 40.2 Å². The molecular weight excluding hydrogens is 350 g/mol. The molecule has 0 bridgehead atoms. The Morgan fingerprint density at radius 1 is 0.962 bits per heavy atom. The van der Waals surface area contributed by atoms with E-state index in [2.05, 4.69) is 4.72 Å². The van der Waals surface area contributed by atoms with E-state index in [0.29, 0.717) is 28.2 Å². The Morgan fingerprint density at radius 3 is 2.04 bits per heavy atom. The van der Waals surface area contributed by atoms with Gasteiger partial charge in [-0.15, -0.1) is 0 Å². The summed E-state index contributed by atoms with van der Waals surface area (Å²) in [6.07, 6.45) is 0.638. The summed E-state index contributed by atoms with van der Waals surface area (Å²) in [5.74, 6) is 1.44. The second-order valence-electron chi connectivity index (χ2n) is 6.40. The minimum Gasteiger partial charge on any atom is -0.497 e. The van der Waals surface area contributed by atoms with Gasteiger partial charge in [0.1, 0.15) is 11.5 Å². The van der Waals surface area contributed by atoms with E-state index in [1.165, 1.54) is 0 Å². The molecule has 5 nitrogen and oxygen atoms in total. The average Bonchev–Trinajstić information content (AvgIpc) is 2.58. The molecule has 0 saturated carbocycles. The Morgan fingerprint density at radius 2 is 1.58 bits per heavy atom. The lowest BCUT2D eigenvalue weighted by molar-refractivity contribution is 0.411. The van der Waals surface area contributed by atoms with Crippen LogP contribution < -0.4 is 14.2 Å². The van der Waals surface area contributed by atoms with Crippen LogP contribution in [-0.2, 0) is 10.0 Å². The molecule has 1 atom stereocenters. The third kappa shape index (κ3) is 4.19. The van der Waals surface area contributed by atoms with Gasteiger partial charge in [-0.05, 0) is 67.6 Å². The van der Waals surface area contributed by atoms with Crippen LogP contribution in [0.25, 0.3) is 0 Å². The Bertz CT molecular complexity index is 868. The highest BCUT2D eigenvalue weighted by atomic mass is 32.2. The normalized spacial score (nSPS) is 12.7. The largest absolute Gasteiger partial charge is 0.497 e. The number of sulfonamides is 1. The summed E-state index contributed by atoms with van der Waals surface area (Å²) < 4.78 is 39.5. The van der Waals surface area contributed by atoms with Crippen molar-refractivity contribution in [2.45, 2.75) is 45.1 Å². The fourth-order valence-corrected chi connectivity index (χ4v) is 4.96. The van der Waals surface area contributed by atoms with E-state index in [1.807, 2.05) is 32.0 Å². The van der Waals surface area contributed by atoms with Gasteiger partial charge in [-0.1, -0.05) is 19.1 Å². The topological polar surface area (TPSA) is 64.6 Å². The molecule has 6 heteroatoms. The standard InChI is InChI=1S/C20H27NO4S/c1-7-18(16-8-9-19(25-6)13(2)10-16)21-26(22,23)20-14(3)11-17(24-5)12-15(20)4/h8-12,18,21H,7H2,1-6H3/t18-/m1/s1. The molecule has 0 aromatic heterocycles. The van der Waals surface area contributed by atoms with Gasteiger partial charge < -0.3 is 9.47 Å². The van der Waals surface area contributed by atoms with Crippen molar-refractivity contribution < 1.29 is 17.9 Å². The van der Waals surface area contributed by atoms with E-state index < -0.39 is 10.0 Å². The zero-order valence-electron chi connectivity index (χ0n) is 16.2. The van der Waals surface area contributed by atoms with Crippen LogP contribution in [0.4, 0.5) is 0 Å². The summed E-state index contributed by atoms with van der Waals surface area (Å²) in [6, 6.07) is 8.89. The van der Waals surface area contributed by atoms with Crippen LogP contribution in [0.2, 0.25) is 0 Å². The van der Waals surface area contributed by atoms with Crippen LogP contribution in [-0.4, -0.2) is 22.6 Å². The smallest absolute Gasteiger partial charge is 0.241 e. The molecule has 2 aromatic rings. The van der Waals surface area contributed by atoms with Crippen LogP contribution in [0.1, 0.15) is 41.6 Å². The van der Waals surface area contributed by atoms with Gasteiger partial charge in [0, 0.05) is 6.04 Å². The number of aryl methyl sites for hydroxylation is 3. The summed E-state index contributed by atoms with van der Waals surface area (Å²) >= 11 is 0. The van der Waals surface area contributed by atoms with Crippen LogP contribution >= 0.6 is 0 Å². The first kappa shape index (κ1) is 20.3. The SMILES string of the molecule is CC[C@@H](NS(=O)(=O)c1c(C)cc(OC)cc1C)c1ccc(OC)c(C)c1. The van der Waals surface area contributed by atoms with Gasteiger partial charge >= 0.3 is 0 Å². The second-order valence-corrected chi connectivity index (χ2v) is 8.05. The van der Waals surface area contributed by atoms with Crippen molar-refractivity contribution in [3.05, 3.63) is 52.6 Å². The lowest BCUT2D eigenvalue weighted by Gasteiger charge is -2.21. The van der Waals surface area contributed by atoms with Crippen molar-refractivity contribution in [2.24, 2.45) is 0 Å². The van der Waals surface area contributed by atoms with Crippen LogP contribution in [0.5, 0.6) is 11.5 Å². The van der Waals surface area contributed by atoms with Crippen LogP contribution in [0.15, 0.2) is 35.2 Å². The van der Waals surface area contributed by atoms with E-state index >= 15 is 0 Å². The minimum atomic E-state index is -3.67. The Hall–Kier alpha value is -2.05. The molecular formula is C20H27NO4S. The maximum absolute atomic E-state index is 13.0. The van der Waals surface area contributed by atoms with E-state index in [0.717, 1.165) is 16.9 Å². The highest BCUT2D eigenvalue weighted by Crippen LogP contribution is 2.29. The summed E-state index contributed by atoms with van der Waals surface area (Å²) in [5, 5.41) is 0. The molecule has 0 unspecified atom stereocenters. The predicted molar refractivity (Wildman–Crippen MR) is 104 cm³/mol. The molecule has 0 saturated heterocycles. The Kier molecular flexibility index (Phi) is 6.31. The predicted octanol–water partition coefficient (Wildman–Crippen LogP) is 4.06. The molecule has 2 rings (SSSR count). The maximum atomic E-state index is 13.0. The number of rotatable bonds is 7. The molecule has 1 N–H and O–H groups in total. The van der Waals surface area contributed by atoms with Crippen molar-refractivity contribution >= 4 is 10.0 Å². The van der Waals surface area contributed by atoms with Gasteiger partial charge in [0.05, 0.1) is 19.1 Å². The number of benzene rings is 2. The monoisotopic (exact) mass is 377 g/mol. The number of nitrogens with one attached hydrogen (secondary N) is 1. The Balaban J connectivity index is 2.39. The maximum Gasteiger partial charge on any atom is 0.241 e. The number of hydrogen-bond donors (Lipinski definition) is 1. The van der Waals surface area contributed by atoms with Gasteiger partial charge in [0.15, 0.2) is 0 Å². The molecule has 0 aliphatic carbocycles. The molecule has 0 amide bonds. The first-order valence-electron chi connectivity index (χ1n) is 8.55. The third-order valence-electron chi connectivity index (χ3n) is 4.47. The van der Waals surface area contributed by atoms with Gasteiger partial charge in [-0.2, -0.15) is 0 Å². The Labute approximate surface area is 156 Å². The fourth-order valence-electron chi connectivity index (χ4n) is 3.20. The summed E-state index contributed by atoms with van der Waals surface area (Å²) in [5.41, 5.74) is 3.21. The molecule has 2 aromatic carbocycles. The summed E-state index contributed by atoms with van der Waals surface area (Å²) in [7, 11) is -0.480. The average molecular weight is 378 g/mol. The second kappa shape index (κ2) is 8.10. The van der Waals surface area contributed by atoms with Crippen molar-refractivity contribution in [3.63, 3.8) is 0 Å². The van der Waals surface area contributed by atoms with Crippen molar-refractivity contribution in [2.75, 3.05) is 14.2 Å². The van der Waals surface area contributed by atoms with E-state index in [-0.39, 0.29) is 6.04 Å². The molecule has 26 heavy (non-hydrogen) atoms. The third-order valence-corrected chi connectivity index (χ3v) is 6.24. The molecule has 0 spiro atoms. The molecule has 0 aliphatic heterocycles. The number of methoxy groups -OCH3 is 2. The summed E-state index contributed by atoms with van der Waals surface area (Å²) in [4.78, 5) is 0.307. The molecule has 0 radical (unpaired) electrons. The zero-order valence-corrected chi connectivity index (χ0v) is 17.0. The number of ether oxygens (including phenoxy) is 2.